The highest BCUT2D eigenvalue weighted by Crippen LogP contribution is 2.23. The Balaban J connectivity index is 1.65. The summed E-state index contributed by atoms with van der Waals surface area (Å²) >= 11 is 5.89. The van der Waals surface area contributed by atoms with Crippen LogP contribution in [-0.4, -0.2) is 40.8 Å². The molecule has 0 atom stereocenters. The standard InChI is InChI=1S/C18H22ClN3O3/c1-21-17-7-8-22(18(23)12-24-2)9-15(17)16(20-21)11-25-10-13-3-5-14(19)6-4-13/h3-6H,7-12H2,1-2H3. The van der Waals surface area contributed by atoms with Crippen LogP contribution in [0.3, 0.4) is 0 Å². The highest BCUT2D eigenvalue weighted by Gasteiger charge is 2.26. The normalized spacial score (nSPS) is 13.8. The van der Waals surface area contributed by atoms with Crippen molar-refractivity contribution in [1.29, 1.82) is 0 Å². The summed E-state index contributed by atoms with van der Waals surface area (Å²) in [5, 5.41) is 5.29. The van der Waals surface area contributed by atoms with E-state index >= 15 is 0 Å². The van der Waals surface area contributed by atoms with E-state index in [1.54, 1.807) is 0 Å². The lowest BCUT2D eigenvalue weighted by molar-refractivity contribution is -0.136. The summed E-state index contributed by atoms with van der Waals surface area (Å²) in [6.07, 6.45) is 0.797. The van der Waals surface area contributed by atoms with Crippen molar-refractivity contribution in [3.05, 3.63) is 51.8 Å². The van der Waals surface area contributed by atoms with E-state index in [1.165, 1.54) is 12.8 Å². The predicted octanol–water partition coefficient (Wildman–Crippen LogP) is 2.32. The summed E-state index contributed by atoms with van der Waals surface area (Å²) in [6.45, 7) is 2.27. The molecule has 2 heterocycles. The van der Waals surface area contributed by atoms with Crippen molar-refractivity contribution < 1.29 is 14.3 Å². The maximum atomic E-state index is 12.1. The molecule has 1 amide bonds. The Bertz CT molecular complexity index is 743. The fraction of sp³-hybridized carbons (Fsp3) is 0.444. The average Bonchev–Trinajstić information content (AvgIpc) is 2.92. The van der Waals surface area contributed by atoms with Gasteiger partial charge in [0, 0.05) is 49.9 Å². The fourth-order valence-electron chi connectivity index (χ4n) is 3.06. The number of fused-ring (bicyclic) bond motifs is 1. The van der Waals surface area contributed by atoms with Gasteiger partial charge in [-0.3, -0.25) is 9.48 Å². The number of carbonyl (C=O) groups is 1. The van der Waals surface area contributed by atoms with Crippen molar-refractivity contribution in [2.24, 2.45) is 7.05 Å². The molecule has 7 heteroatoms. The van der Waals surface area contributed by atoms with Gasteiger partial charge >= 0.3 is 0 Å². The molecular formula is C18H22ClN3O3. The molecule has 0 radical (unpaired) electrons. The third-order valence-corrected chi connectivity index (χ3v) is 4.62. The number of rotatable bonds is 6. The summed E-state index contributed by atoms with van der Waals surface area (Å²) in [5.41, 5.74) is 4.22. The van der Waals surface area contributed by atoms with Crippen LogP contribution in [0.1, 0.15) is 22.5 Å². The predicted molar refractivity (Wildman–Crippen MR) is 94.2 cm³/mol. The van der Waals surface area contributed by atoms with Gasteiger partial charge < -0.3 is 14.4 Å². The molecule has 0 aliphatic carbocycles. The molecule has 1 aromatic carbocycles. The molecule has 1 aromatic heterocycles. The largest absolute Gasteiger partial charge is 0.375 e. The zero-order valence-corrected chi connectivity index (χ0v) is 15.3. The number of nitrogens with zero attached hydrogens (tertiary/aromatic N) is 3. The Morgan fingerprint density at radius 3 is 2.76 bits per heavy atom. The maximum absolute atomic E-state index is 12.1. The number of halogens is 1. The van der Waals surface area contributed by atoms with Crippen molar-refractivity contribution in [3.63, 3.8) is 0 Å². The van der Waals surface area contributed by atoms with Crippen LogP contribution in [0.4, 0.5) is 0 Å². The number of carbonyl (C=O) groups excluding carboxylic acids is 1. The first-order valence-corrected chi connectivity index (χ1v) is 8.58. The minimum atomic E-state index is 0.00466. The lowest BCUT2D eigenvalue weighted by Crippen LogP contribution is -2.38. The molecule has 0 N–H and O–H groups in total. The first-order chi connectivity index (χ1) is 12.1. The van der Waals surface area contributed by atoms with Crippen LogP contribution in [0, 0.1) is 0 Å². The first-order valence-electron chi connectivity index (χ1n) is 8.21. The van der Waals surface area contributed by atoms with E-state index in [0.717, 1.165) is 23.2 Å². The van der Waals surface area contributed by atoms with Gasteiger partial charge in [0.25, 0.3) is 0 Å². The van der Waals surface area contributed by atoms with Gasteiger partial charge in [-0.15, -0.1) is 0 Å². The summed E-state index contributed by atoms with van der Waals surface area (Å²) in [6, 6.07) is 7.59. The molecule has 0 fully saturated rings. The van der Waals surface area contributed by atoms with Crippen LogP contribution in [0.2, 0.25) is 5.02 Å². The molecule has 0 unspecified atom stereocenters. The van der Waals surface area contributed by atoms with Gasteiger partial charge in [0.1, 0.15) is 6.61 Å². The topological polar surface area (TPSA) is 56.6 Å². The molecule has 25 heavy (non-hydrogen) atoms. The van der Waals surface area contributed by atoms with E-state index in [9.17, 15) is 4.79 Å². The van der Waals surface area contributed by atoms with E-state index < -0.39 is 0 Å². The molecule has 0 saturated heterocycles. The van der Waals surface area contributed by atoms with Gasteiger partial charge in [-0.1, -0.05) is 23.7 Å². The van der Waals surface area contributed by atoms with Gasteiger partial charge in [0.05, 0.1) is 18.9 Å². The zero-order chi connectivity index (χ0) is 17.8. The Labute approximate surface area is 152 Å². The molecule has 0 bridgehead atoms. The zero-order valence-electron chi connectivity index (χ0n) is 14.5. The lowest BCUT2D eigenvalue weighted by atomic mass is 10.1. The molecule has 0 spiro atoms. The maximum Gasteiger partial charge on any atom is 0.248 e. The number of hydrogen-bond acceptors (Lipinski definition) is 4. The third-order valence-electron chi connectivity index (χ3n) is 4.37. The second-order valence-corrected chi connectivity index (χ2v) is 6.55. The number of amides is 1. The van der Waals surface area contributed by atoms with E-state index in [1.807, 2.05) is 40.9 Å². The molecule has 3 rings (SSSR count). The number of aromatic nitrogens is 2. The lowest BCUT2D eigenvalue weighted by Gasteiger charge is -2.27. The quantitative estimate of drug-likeness (QED) is 0.790. The van der Waals surface area contributed by atoms with Crippen LogP contribution < -0.4 is 0 Å². The second-order valence-electron chi connectivity index (χ2n) is 6.11. The van der Waals surface area contributed by atoms with E-state index in [-0.39, 0.29) is 12.5 Å². The number of benzene rings is 1. The van der Waals surface area contributed by atoms with Gasteiger partial charge in [0.15, 0.2) is 0 Å². The minimum Gasteiger partial charge on any atom is -0.375 e. The van der Waals surface area contributed by atoms with Gasteiger partial charge in [-0.2, -0.15) is 5.10 Å². The first kappa shape index (κ1) is 17.9. The number of ether oxygens (including phenoxy) is 2. The van der Waals surface area contributed by atoms with Crippen molar-refractivity contribution in [3.8, 4) is 0 Å². The van der Waals surface area contributed by atoms with Crippen molar-refractivity contribution in [2.75, 3.05) is 20.3 Å². The van der Waals surface area contributed by atoms with Crippen molar-refractivity contribution in [2.45, 2.75) is 26.2 Å². The monoisotopic (exact) mass is 363 g/mol. The van der Waals surface area contributed by atoms with Crippen LogP contribution in [0.25, 0.3) is 0 Å². The Morgan fingerprint density at radius 1 is 1.28 bits per heavy atom. The molecule has 1 aliphatic rings. The second kappa shape index (κ2) is 7.99. The SMILES string of the molecule is COCC(=O)N1CCc2c(c(COCc3ccc(Cl)cc3)nn2C)C1. The van der Waals surface area contributed by atoms with E-state index in [2.05, 4.69) is 5.10 Å². The van der Waals surface area contributed by atoms with E-state index in [0.29, 0.717) is 31.3 Å². The average molecular weight is 364 g/mol. The minimum absolute atomic E-state index is 0.00466. The molecule has 1 aliphatic heterocycles. The Hall–Kier alpha value is -1.89. The smallest absolute Gasteiger partial charge is 0.248 e. The van der Waals surface area contributed by atoms with Gasteiger partial charge in [0.2, 0.25) is 5.91 Å². The van der Waals surface area contributed by atoms with Crippen molar-refractivity contribution >= 4 is 17.5 Å². The summed E-state index contributed by atoms with van der Waals surface area (Å²) in [7, 11) is 3.47. The molecule has 134 valence electrons. The fourth-order valence-corrected chi connectivity index (χ4v) is 3.19. The Kier molecular flexibility index (Phi) is 5.73. The molecular weight excluding hydrogens is 342 g/mol. The number of hydrogen-bond donors (Lipinski definition) is 0. The van der Waals surface area contributed by atoms with Crippen molar-refractivity contribution in [1.82, 2.24) is 14.7 Å². The molecule has 0 saturated carbocycles. The molecule has 6 nitrogen and oxygen atoms in total. The van der Waals surface area contributed by atoms with Crippen LogP contribution in [0.5, 0.6) is 0 Å². The van der Waals surface area contributed by atoms with Crippen LogP contribution >= 0.6 is 11.6 Å². The highest BCUT2D eigenvalue weighted by molar-refractivity contribution is 6.30. The van der Waals surface area contributed by atoms with Gasteiger partial charge in [-0.05, 0) is 17.7 Å². The van der Waals surface area contributed by atoms with Crippen LogP contribution in [0.15, 0.2) is 24.3 Å². The van der Waals surface area contributed by atoms with E-state index in [4.69, 9.17) is 21.1 Å². The third kappa shape index (κ3) is 4.21. The van der Waals surface area contributed by atoms with Crippen LogP contribution in [-0.2, 0) is 47.5 Å². The number of methoxy groups -OCH3 is 1. The van der Waals surface area contributed by atoms with Gasteiger partial charge in [-0.25, -0.2) is 0 Å². The highest BCUT2D eigenvalue weighted by atomic mass is 35.5. The molecule has 2 aromatic rings. The summed E-state index contributed by atoms with van der Waals surface area (Å²) < 4.78 is 12.7. The number of aryl methyl sites for hydroxylation is 1. The summed E-state index contributed by atoms with van der Waals surface area (Å²) in [4.78, 5) is 13.9. The summed E-state index contributed by atoms with van der Waals surface area (Å²) in [5.74, 6) is 0.00466. The Morgan fingerprint density at radius 2 is 2.04 bits per heavy atom.